The first-order valence-electron chi connectivity index (χ1n) is 6.41. The van der Waals surface area contributed by atoms with E-state index in [0.29, 0.717) is 35.9 Å². The summed E-state index contributed by atoms with van der Waals surface area (Å²) in [5.41, 5.74) is 8.90. The number of aryl methyl sites for hydroxylation is 3. The summed E-state index contributed by atoms with van der Waals surface area (Å²) in [6.07, 6.45) is 3.30. The maximum atomic E-state index is 12.2. The zero-order chi connectivity index (χ0) is 14.7. The van der Waals surface area contributed by atoms with Crippen molar-refractivity contribution in [1.29, 1.82) is 0 Å². The van der Waals surface area contributed by atoms with Crippen LogP contribution >= 0.6 is 0 Å². The van der Waals surface area contributed by atoms with Crippen molar-refractivity contribution in [1.82, 2.24) is 25.1 Å². The van der Waals surface area contributed by atoms with E-state index in [1.807, 2.05) is 13.8 Å². The topological polar surface area (TPSA) is 98.7 Å². The van der Waals surface area contributed by atoms with Gasteiger partial charge in [-0.05, 0) is 20.8 Å². The van der Waals surface area contributed by atoms with Crippen molar-refractivity contribution in [2.24, 2.45) is 0 Å². The molecule has 2 aromatic heterocycles. The van der Waals surface area contributed by atoms with E-state index in [4.69, 9.17) is 5.73 Å². The molecule has 3 N–H and O–H groups in total. The van der Waals surface area contributed by atoms with E-state index in [2.05, 4.69) is 20.4 Å². The quantitative estimate of drug-likeness (QED) is 0.860. The molecule has 0 unspecified atom stereocenters. The highest BCUT2D eigenvalue weighted by Crippen LogP contribution is 2.16. The van der Waals surface area contributed by atoms with E-state index < -0.39 is 0 Å². The molecule has 0 aliphatic rings. The maximum absolute atomic E-state index is 12.2. The number of hydrogen-bond acceptors (Lipinski definition) is 5. The van der Waals surface area contributed by atoms with Gasteiger partial charge in [-0.15, -0.1) is 0 Å². The molecule has 0 saturated heterocycles. The van der Waals surface area contributed by atoms with E-state index in [0.717, 1.165) is 5.69 Å². The Labute approximate surface area is 117 Å². The molecular formula is C13H18N6O. The minimum atomic E-state index is -0.257. The molecule has 0 aliphatic carbocycles. The smallest absolute Gasteiger partial charge is 0.272 e. The average Bonchev–Trinajstić information content (AvgIpc) is 2.73. The summed E-state index contributed by atoms with van der Waals surface area (Å²) < 4.78 is 1.60. The summed E-state index contributed by atoms with van der Waals surface area (Å²) in [5, 5.41) is 7.00. The molecule has 0 saturated carbocycles. The zero-order valence-corrected chi connectivity index (χ0v) is 11.8. The van der Waals surface area contributed by atoms with E-state index >= 15 is 0 Å². The Morgan fingerprint density at radius 2 is 2.10 bits per heavy atom. The van der Waals surface area contributed by atoms with Gasteiger partial charge in [0, 0.05) is 12.7 Å². The number of carbonyl (C=O) groups excluding carboxylic acids is 1. The molecule has 2 heterocycles. The molecule has 0 aliphatic heterocycles. The number of hydrogen-bond donors (Lipinski definition) is 2. The lowest BCUT2D eigenvalue weighted by atomic mass is 10.3. The van der Waals surface area contributed by atoms with Crippen molar-refractivity contribution in [3.63, 3.8) is 0 Å². The van der Waals surface area contributed by atoms with Crippen LogP contribution in [0.5, 0.6) is 0 Å². The van der Waals surface area contributed by atoms with Gasteiger partial charge in [-0.25, -0.2) is 0 Å². The maximum Gasteiger partial charge on any atom is 0.272 e. The largest absolute Gasteiger partial charge is 0.395 e. The van der Waals surface area contributed by atoms with E-state index in [1.54, 1.807) is 24.0 Å². The summed E-state index contributed by atoms with van der Waals surface area (Å²) >= 11 is 0. The third-order valence-corrected chi connectivity index (χ3v) is 2.95. The van der Waals surface area contributed by atoms with Crippen LogP contribution < -0.4 is 11.1 Å². The Hall–Kier alpha value is -2.44. The lowest BCUT2D eigenvalue weighted by Crippen LogP contribution is -2.27. The second-order valence-electron chi connectivity index (χ2n) is 4.50. The highest BCUT2D eigenvalue weighted by molar-refractivity contribution is 5.97. The van der Waals surface area contributed by atoms with Crippen LogP contribution in [0.2, 0.25) is 0 Å². The molecule has 0 fully saturated rings. The van der Waals surface area contributed by atoms with Gasteiger partial charge in [-0.2, -0.15) is 5.10 Å². The Bertz CT molecular complexity index is 617. The van der Waals surface area contributed by atoms with Gasteiger partial charge in [0.25, 0.3) is 5.91 Å². The fraction of sp³-hybridized carbons (Fsp3) is 0.385. The standard InChI is InChI=1S/C13H18N6O/c1-4-19-12(11(14)9(3)18-19)13(20)17-7-10-6-15-8(2)5-16-10/h5-6H,4,7,14H2,1-3H3,(H,17,20). The zero-order valence-electron chi connectivity index (χ0n) is 11.8. The van der Waals surface area contributed by atoms with Gasteiger partial charge in [-0.1, -0.05) is 0 Å². The second kappa shape index (κ2) is 5.68. The van der Waals surface area contributed by atoms with Crippen LogP contribution in [0, 0.1) is 13.8 Å². The van der Waals surface area contributed by atoms with Crippen molar-refractivity contribution in [3.8, 4) is 0 Å². The van der Waals surface area contributed by atoms with Gasteiger partial charge in [-0.3, -0.25) is 19.4 Å². The highest BCUT2D eigenvalue weighted by atomic mass is 16.2. The number of carbonyl (C=O) groups is 1. The number of nitrogens with one attached hydrogen (secondary N) is 1. The van der Waals surface area contributed by atoms with Gasteiger partial charge in [0.2, 0.25) is 0 Å². The van der Waals surface area contributed by atoms with Gasteiger partial charge < -0.3 is 11.1 Å². The number of anilines is 1. The molecule has 20 heavy (non-hydrogen) atoms. The molecule has 0 bridgehead atoms. The molecule has 0 radical (unpaired) electrons. The summed E-state index contributed by atoms with van der Waals surface area (Å²) in [6, 6.07) is 0. The van der Waals surface area contributed by atoms with Crippen molar-refractivity contribution in [2.75, 3.05) is 5.73 Å². The third-order valence-electron chi connectivity index (χ3n) is 2.95. The van der Waals surface area contributed by atoms with Gasteiger partial charge in [0.15, 0.2) is 0 Å². The minimum Gasteiger partial charge on any atom is -0.395 e. The van der Waals surface area contributed by atoms with E-state index in [1.165, 1.54) is 0 Å². The second-order valence-corrected chi connectivity index (χ2v) is 4.50. The lowest BCUT2D eigenvalue weighted by molar-refractivity contribution is 0.0940. The molecule has 7 nitrogen and oxygen atoms in total. The van der Waals surface area contributed by atoms with Crippen LogP contribution in [0.25, 0.3) is 0 Å². The molecule has 0 aromatic carbocycles. The summed E-state index contributed by atoms with van der Waals surface area (Å²) in [7, 11) is 0. The summed E-state index contributed by atoms with van der Waals surface area (Å²) in [5.74, 6) is -0.257. The molecule has 7 heteroatoms. The van der Waals surface area contributed by atoms with Crippen LogP contribution in [0.1, 0.15) is 34.5 Å². The first-order chi connectivity index (χ1) is 9.52. The Morgan fingerprint density at radius 3 is 2.70 bits per heavy atom. The number of nitrogens with zero attached hydrogens (tertiary/aromatic N) is 4. The monoisotopic (exact) mass is 274 g/mol. The number of amides is 1. The molecule has 2 aromatic rings. The SMILES string of the molecule is CCn1nc(C)c(N)c1C(=O)NCc1cnc(C)cn1. The number of nitrogen functional groups attached to an aromatic ring is 1. The predicted molar refractivity (Wildman–Crippen MR) is 75.0 cm³/mol. The lowest BCUT2D eigenvalue weighted by Gasteiger charge is -2.07. The minimum absolute atomic E-state index is 0.257. The third kappa shape index (κ3) is 2.76. The Morgan fingerprint density at radius 1 is 1.35 bits per heavy atom. The van der Waals surface area contributed by atoms with Crippen molar-refractivity contribution >= 4 is 11.6 Å². The number of rotatable bonds is 4. The van der Waals surface area contributed by atoms with Crippen molar-refractivity contribution in [3.05, 3.63) is 35.2 Å². The summed E-state index contributed by atoms with van der Waals surface area (Å²) in [6.45, 7) is 6.45. The Balaban J connectivity index is 2.11. The predicted octanol–water partition coefficient (Wildman–Crippen LogP) is 0.822. The van der Waals surface area contributed by atoms with Crippen molar-refractivity contribution in [2.45, 2.75) is 33.9 Å². The van der Waals surface area contributed by atoms with Crippen LogP contribution in [-0.4, -0.2) is 25.7 Å². The Kier molecular flexibility index (Phi) is 3.97. The van der Waals surface area contributed by atoms with E-state index in [9.17, 15) is 4.79 Å². The number of aromatic nitrogens is 4. The average molecular weight is 274 g/mol. The van der Waals surface area contributed by atoms with E-state index in [-0.39, 0.29) is 5.91 Å². The first-order valence-corrected chi connectivity index (χ1v) is 6.41. The molecule has 2 rings (SSSR count). The van der Waals surface area contributed by atoms with Crippen LogP contribution in [0.15, 0.2) is 12.4 Å². The molecule has 106 valence electrons. The molecular weight excluding hydrogens is 256 g/mol. The molecule has 1 amide bonds. The normalized spacial score (nSPS) is 10.6. The summed E-state index contributed by atoms with van der Waals surface area (Å²) in [4.78, 5) is 20.5. The number of nitrogens with two attached hydrogens (primary N) is 1. The molecule has 0 atom stereocenters. The fourth-order valence-corrected chi connectivity index (χ4v) is 1.83. The van der Waals surface area contributed by atoms with Gasteiger partial charge in [0.05, 0.1) is 35.5 Å². The first kappa shape index (κ1) is 14.0. The van der Waals surface area contributed by atoms with Gasteiger partial charge >= 0.3 is 0 Å². The van der Waals surface area contributed by atoms with Crippen LogP contribution in [-0.2, 0) is 13.1 Å². The highest BCUT2D eigenvalue weighted by Gasteiger charge is 2.18. The van der Waals surface area contributed by atoms with Crippen LogP contribution in [0.3, 0.4) is 0 Å². The molecule has 0 spiro atoms. The fourth-order valence-electron chi connectivity index (χ4n) is 1.83. The van der Waals surface area contributed by atoms with Crippen LogP contribution in [0.4, 0.5) is 5.69 Å². The van der Waals surface area contributed by atoms with Crippen molar-refractivity contribution < 1.29 is 4.79 Å². The van der Waals surface area contributed by atoms with Gasteiger partial charge in [0.1, 0.15) is 5.69 Å².